The molecule has 1 fully saturated rings. The van der Waals surface area contributed by atoms with Gasteiger partial charge in [0.25, 0.3) is 0 Å². The van der Waals surface area contributed by atoms with Crippen LogP contribution in [0, 0.1) is 13.8 Å². The number of halogens is 1. The number of hydrogen-bond acceptors (Lipinski definition) is 4. The van der Waals surface area contributed by atoms with Gasteiger partial charge in [-0.15, -0.1) is 0 Å². The smallest absolute Gasteiger partial charge is 0.325 e. The SMILES string of the molecule is CCOC(=O)CN1C(=S)N[C@@H](c2ccccn2)[C@@H]1c1cc(C)n(-c2ccc(Cl)cc2)c1C. The molecular formula is C24H25ClN4O2S. The van der Waals surface area contributed by atoms with Crippen molar-refractivity contribution in [3.8, 4) is 5.69 Å². The van der Waals surface area contributed by atoms with E-state index in [2.05, 4.69) is 34.8 Å². The van der Waals surface area contributed by atoms with Crippen molar-refractivity contribution in [3.05, 3.63) is 82.4 Å². The second-order valence-corrected chi connectivity index (χ2v) is 8.52. The van der Waals surface area contributed by atoms with E-state index in [1.807, 2.05) is 47.4 Å². The normalized spacial score (nSPS) is 18.0. The fourth-order valence-corrected chi connectivity index (χ4v) is 4.77. The summed E-state index contributed by atoms with van der Waals surface area (Å²) in [5, 5.41) is 4.58. The van der Waals surface area contributed by atoms with Crippen molar-refractivity contribution in [1.82, 2.24) is 19.8 Å². The maximum absolute atomic E-state index is 12.4. The molecule has 0 unspecified atom stereocenters. The van der Waals surface area contributed by atoms with Crippen LogP contribution in [0.3, 0.4) is 0 Å². The van der Waals surface area contributed by atoms with Crippen LogP contribution >= 0.6 is 23.8 Å². The van der Waals surface area contributed by atoms with Crippen LogP contribution in [0.5, 0.6) is 0 Å². The largest absolute Gasteiger partial charge is 0.465 e. The van der Waals surface area contributed by atoms with Gasteiger partial charge in [-0.1, -0.05) is 17.7 Å². The van der Waals surface area contributed by atoms with Gasteiger partial charge < -0.3 is 19.5 Å². The van der Waals surface area contributed by atoms with Crippen LogP contribution in [0.1, 0.15) is 41.7 Å². The number of hydrogen-bond donors (Lipinski definition) is 1. The molecule has 0 aliphatic carbocycles. The number of aromatic nitrogens is 2. The number of esters is 1. The summed E-state index contributed by atoms with van der Waals surface area (Å²) in [6.45, 7) is 6.34. The molecule has 8 heteroatoms. The number of nitrogens with one attached hydrogen (secondary N) is 1. The Morgan fingerprint density at radius 3 is 2.62 bits per heavy atom. The second-order valence-electron chi connectivity index (χ2n) is 7.70. The van der Waals surface area contributed by atoms with Crippen LogP contribution in [0.25, 0.3) is 5.69 Å². The summed E-state index contributed by atoms with van der Waals surface area (Å²) in [5.74, 6) is -0.310. The predicted molar refractivity (Wildman–Crippen MR) is 129 cm³/mol. The van der Waals surface area contributed by atoms with Crippen LogP contribution in [-0.2, 0) is 9.53 Å². The highest BCUT2D eigenvalue weighted by molar-refractivity contribution is 7.80. The Morgan fingerprint density at radius 2 is 1.97 bits per heavy atom. The highest BCUT2D eigenvalue weighted by Crippen LogP contribution is 2.41. The van der Waals surface area contributed by atoms with Crippen molar-refractivity contribution < 1.29 is 9.53 Å². The molecule has 3 heterocycles. The third kappa shape index (κ3) is 4.23. The lowest BCUT2D eigenvalue weighted by Crippen LogP contribution is -2.35. The number of aryl methyl sites for hydroxylation is 1. The summed E-state index contributed by atoms with van der Waals surface area (Å²) < 4.78 is 7.40. The summed E-state index contributed by atoms with van der Waals surface area (Å²) in [4.78, 5) is 18.9. The molecule has 1 saturated heterocycles. The summed E-state index contributed by atoms with van der Waals surface area (Å²) >= 11 is 11.7. The van der Waals surface area contributed by atoms with E-state index in [4.69, 9.17) is 28.6 Å². The minimum Gasteiger partial charge on any atom is -0.465 e. The zero-order valence-corrected chi connectivity index (χ0v) is 19.8. The lowest BCUT2D eigenvalue weighted by atomic mass is 9.97. The second kappa shape index (κ2) is 9.30. The van der Waals surface area contributed by atoms with Crippen LogP contribution < -0.4 is 5.32 Å². The number of pyridine rings is 1. The average molecular weight is 469 g/mol. The lowest BCUT2D eigenvalue weighted by Gasteiger charge is -2.27. The molecule has 32 heavy (non-hydrogen) atoms. The van der Waals surface area contributed by atoms with Crippen molar-refractivity contribution in [3.63, 3.8) is 0 Å². The van der Waals surface area contributed by atoms with E-state index in [0.717, 1.165) is 28.3 Å². The van der Waals surface area contributed by atoms with E-state index in [1.54, 1.807) is 13.1 Å². The van der Waals surface area contributed by atoms with Gasteiger partial charge >= 0.3 is 5.97 Å². The molecule has 1 N–H and O–H groups in total. The van der Waals surface area contributed by atoms with Gasteiger partial charge in [-0.3, -0.25) is 9.78 Å². The molecule has 3 aromatic rings. The van der Waals surface area contributed by atoms with Crippen LogP contribution in [0.4, 0.5) is 0 Å². The number of nitrogens with zero attached hydrogens (tertiary/aromatic N) is 3. The maximum atomic E-state index is 12.4. The molecule has 2 atom stereocenters. The first-order valence-electron chi connectivity index (χ1n) is 10.5. The molecule has 1 aliphatic rings. The Bertz CT molecular complexity index is 1130. The quantitative estimate of drug-likeness (QED) is 0.418. The number of carbonyl (C=O) groups is 1. The van der Waals surface area contributed by atoms with Gasteiger partial charge in [0.2, 0.25) is 0 Å². The summed E-state index contributed by atoms with van der Waals surface area (Å²) in [5.41, 5.74) is 5.10. The van der Waals surface area contributed by atoms with Gasteiger partial charge in [-0.25, -0.2) is 0 Å². The first kappa shape index (κ1) is 22.3. The molecule has 6 nitrogen and oxygen atoms in total. The molecule has 4 rings (SSSR count). The fourth-order valence-electron chi connectivity index (χ4n) is 4.33. The standard InChI is InChI=1S/C24H25ClN4O2S/c1-4-31-21(30)14-28-23(22(27-24(28)32)20-7-5-6-12-26-20)19-13-15(2)29(16(19)3)18-10-8-17(25)9-11-18/h5-13,22-23H,4,14H2,1-3H3,(H,27,32)/t22-,23-/m0/s1. The highest BCUT2D eigenvalue weighted by atomic mass is 35.5. The summed E-state index contributed by atoms with van der Waals surface area (Å²) in [7, 11) is 0. The van der Waals surface area contributed by atoms with Crippen molar-refractivity contribution in [2.24, 2.45) is 0 Å². The first-order chi connectivity index (χ1) is 15.4. The monoisotopic (exact) mass is 468 g/mol. The van der Waals surface area contributed by atoms with Crippen molar-refractivity contribution in [2.75, 3.05) is 13.2 Å². The topological polar surface area (TPSA) is 59.4 Å². The molecule has 0 amide bonds. The number of rotatable bonds is 6. The number of carbonyl (C=O) groups excluding carboxylic acids is 1. The van der Waals surface area contributed by atoms with E-state index < -0.39 is 0 Å². The Balaban J connectivity index is 1.80. The Hall–Kier alpha value is -2.90. The van der Waals surface area contributed by atoms with E-state index in [1.165, 1.54) is 0 Å². The third-order valence-corrected chi connectivity index (χ3v) is 6.28. The van der Waals surface area contributed by atoms with Gasteiger partial charge in [0.15, 0.2) is 5.11 Å². The number of thiocarbonyl (C=S) groups is 1. The maximum Gasteiger partial charge on any atom is 0.325 e. The molecule has 0 saturated carbocycles. The van der Waals surface area contributed by atoms with Crippen molar-refractivity contribution in [2.45, 2.75) is 32.9 Å². The molecule has 1 aliphatic heterocycles. The third-order valence-electron chi connectivity index (χ3n) is 5.68. The Morgan fingerprint density at radius 1 is 1.22 bits per heavy atom. The van der Waals surface area contributed by atoms with Gasteiger partial charge in [-0.05, 0) is 81.0 Å². The van der Waals surface area contributed by atoms with Crippen molar-refractivity contribution >= 4 is 34.9 Å². The molecule has 0 bridgehead atoms. The first-order valence-corrected chi connectivity index (χ1v) is 11.3. The van der Waals surface area contributed by atoms with Crippen LogP contribution in [0.15, 0.2) is 54.7 Å². The van der Waals surface area contributed by atoms with Crippen LogP contribution in [-0.4, -0.2) is 38.7 Å². The molecule has 0 spiro atoms. The zero-order chi connectivity index (χ0) is 22.8. The fraction of sp³-hybridized carbons (Fsp3) is 0.292. The van der Waals surface area contributed by atoms with Gasteiger partial charge in [0.05, 0.1) is 24.4 Å². The molecule has 2 aromatic heterocycles. The summed E-state index contributed by atoms with van der Waals surface area (Å²) in [6, 6.07) is 15.3. The van der Waals surface area contributed by atoms with Gasteiger partial charge in [0.1, 0.15) is 6.54 Å². The summed E-state index contributed by atoms with van der Waals surface area (Å²) in [6.07, 6.45) is 1.77. The van der Waals surface area contributed by atoms with E-state index >= 15 is 0 Å². The lowest BCUT2D eigenvalue weighted by molar-refractivity contribution is -0.143. The Kier molecular flexibility index (Phi) is 6.48. The predicted octanol–water partition coefficient (Wildman–Crippen LogP) is 4.68. The number of benzene rings is 1. The van der Waals surface area contributed by atoms with E-state index in [0.29, 0.717) is 16.7 Å². The van der Waals surface area contributed by atoms with Crippen LogP contribution in [0.2, 0.25) is 5.02 Å². The van der Waals surface area contributed by atoms with Gasteiger partial charge in [-0.2, -0.15) is 0 Å². The molecule has 166 valence electrons. The molecular weight excluding hydrogens is 444 g/mol. The van der Waals surface area contributed by atoms with Gasteiger partial charge in [0, 0.05) is 28.3 Å². The minimum atomic E-state index is -0.310. The zero-order valence-electron chi connectivity index (χ0n) is 18.2. The van der Waals surface area contributed by atoms with E-state index in [-0.39, 0.29) is 24.6 Å². The molecule has 1 aromatic carbocycles. The Labute approximate surface area is 198 Å². The number of ether oxygens (including phenoxy) is 1. The highest BCUT2D eigenvalue weighted by Gasteiger charge is 2.42. The van der Waals surface area contributed by atoms with E-state index in [9.17, 15) is 4.79 Å². The minimum absolute atomic E-state index is 0.0677. The van der Waals surface area contributed by atoms with Crippen molar-refractivity contribution in [1.29, 1.82) is 0 Å². The average Bonchev–Trinajstić information content (AvgIpc) is 3.25. The molecule has 0 radical (unpaired) electrons.